The van der Waals surface area contributed by atoms with Gasteiger partial charge in [0.15, 0.2) is 11.9 Å². The number of oxazole rings is 1. The van der Waals surface area contributed by atoms with Crippen LogP contribution in [0.3, 0.4) is 0 Å². The second-order valence-corrected chi connectivity index (χ2v) is 4.64. The van der Waals surface area contributed by atoms with E-state index in [4.69, 9.17) is 16.0 Å². The van der Waals surface area contributed by atoms with Gasteiger partial charge in [-0.05, 0) is 30.3 Å². The van der Waals surface area contributed by atoms with Crippen LogP contribution in [0.1, 0.15) is 5.89 Å². The fourth-order valence-corrected chi connectivity index (χ4v) is 1.94. The summed E-state index contributed by atoms with van der Waals surface area (Å²) < 4.78 is 5.53. The Morgan fingerprint density at radius 1 is 1.29 bits per heavy atom. The molecule has 0 aliphatic rings. The van der Waals surface area contributed by atoms with Crippen molar-refractivity contribution in [1.29, 1.82) is 0 Å². The minimum absolute atomic E-state index is 0.227. The lowest BCUT2D eigenvalue weighted by Gasteiger charge is -1.99. The summed E-state index contributed by atoms with van der Waals surface area (Å²) in [6, 6.07) is 10.5. The number of hydrogen-bond donors (Lipinski definition) is 1. The summed E-state index contributed by atoms with van der Waals surface area (Å²) in [7, 11) is 0. The third-order valence-electron chi connectivity index (χ3n) is 2.76. The van der Waals surface area contributed by atoms with Gasteiger partial charge < -0.3 is 9.73 Å². The van der Waals surface area contributed by atoms with Crippen molar-refractivity contribution in [1.82, 2.24) is 9.97 Å². The molecule has 0 amide bonds. The van der Waals surface area contributed by atoms with Crippen molar-refractivity contribution in [3.05, 3.63) is 59.7 Å². The van der Waals surface area contributed by atoms with Gasteiger partial charge in [0.05, 0.1) is 5.57 Å². The first-order chi connectivity index (χ1) is 10.3. The molecule has 0 saturated carbocycles. The van der Waals surface area contributed by atoms with Crippen LogP contribution in [0.15, 0.2) is 53.2 Å². The summed E-state index contributed by atoms with van der Waals surface area (Å²) in [5, 5.41) is 3.48. The summed E-state index contributed by atoms with van der Waals surface area (Å²) in [5.74, 6) is 0.849. The number of carbonyl (C=O) groups is 1. The van der Waals surface area contributed by atoms with E-state index >= 15 is 0 Å². The van der Waals surface area contributed by atoms with Crippen LogP contribution in [0.25, 0.3) is 16.7 Å². The zero-order valence-corrected chi connectivity index (χ0v) is 11.5. The van der Waals surface area contributed by atoms with Gasteiger partial charge in [0, 0.05) is 17.4 Å². The molecule has 0 spiro atoms. The molecule has 3 rings (SSSR count). The number of rotatable bonds is 4. The topological polar surface area (TPSA) is 68.0 Å². The highest BCUT2D eigenvalue weighted by atomic mass is 35.5. The lowest BCUT2D eigenvalue weighted by atomic mass is 10.3. The molecular formula is C15H10ClN3O2. The maximum absolute atomic E-state index is 11.2. The lowest BCUT2D eigenvalue weighted by molar-refractivity contribution is -0.103. The first-order valence-electron chi connectivity index (χ1n) is 6.15. The fraction of sp³-hybridized carbons (Fsp3) is 0. The van der Waals surface area contributed by atoms with Crippen LogP contribution in [0.4, 0.5) is 5.82 Å². The molecule has 0 aliphatic heterocycles. The number of benzene rings is 1. The van der Waals surface area contributed by atoms with Crippen LogP contribution in [0.5, 0.6) is 0 Å². The summed E-state index contributed by atoms with van der Waals surface area (Å²) in [4.78, 5) is 19.6. The third kappa shape index (κ3) is 2.93. The summed E-state index contributed by atoms with van der Waals surface area (Å²) in [6.45, 7) is 0. The van der Waals surface area contributed by atoms with E-state index in [0.29, 0.717) is 28.2 Å². The summed E-state index contributed by atoms with van der Waals surface area (Å²) in [6.07, 6.45) is 3.82. The van der Waals surface area contributed by atoms with Gasteiger partial charge in [0.25, 0.3) is 0 Å². The number of anilines is 1. The second-order valence-electron chi connectivity index (χ2n) is 4.21. The molecule has 2 aromatic heterocycles. The van der Waals surface area contributed by atoms with E-state index in [-0.39, 0.29) is 11.5 Å². The molecule has 1 N–H and O–H groups in total. The van der Waals surface area contributed by atoms with Crippen molar-refractivity contribution in [3.8, 4) is 0 Å². The molecule has 2 heterocycles. The Balaban J connectivity index is 1.92. The molecule has 0 radical (unpaired) electrons. The van der Waals surface area contributed by atoms with Crippen molar-refractivity contribution in [2.75, 3.05) is 5.32 Å². The molecule has 21 heavy (non-hydrogen) atoms. The summed E-state index contributed by atoms with van der Waals surface area (Å²) >= 11 is 5.90. The van der Waals surface area contributed by atoms with E-state index in [9.17, 15) is 4.79 Å². The van der Waals surface area contributed by atoms with Crippen molar-refractivity contribution in [2.45, 2.75) is 0 Å². The molecule has 5 nitrogen and oxygen atoms in total. The van der Waals surface area contributed by atoms with Crippen molar-refractivity contribution in [3.63, 3.8) is 0 Å². The minimum Gasteiger partial charge on any atom is -0.436 e. The Labute approximate surface area is 125 Å². The number of aldehydes is 1. The quantitative estimate of drug-likeness (QED) is 0.589. The van der Waals surface area contributed by atoms with Crippen LogP contribution in [0.2, 0.25) is 5.02 Å². The number of allylic oxidation sites excluding steroid dienone is 1. The number of fused-ring (bicyclic) bond motifs is 1. The zero-order valence-electron chi connectivity index (χ0n) is 10.8. The highest BCUT2D eigenvalue weighted by Crippen LogP contribution is 2.23. The van der Waals surface area contributed by atoms with Crippen molar-refractivity contribution >= 4 is 40.4 Å². The van der Waals surface area contributed by atoms with Crippen molar-refractivity contribution < 1.29 is 9.21 Å². The van der Waals surface area contributed by atoms with Crippen LogP contribution < -0.4 is 5.32 Å². The smallest absolute Gasteiger partial charge is 0.232 e. The van der Waals surface area contributed by atoms with Crippen LogP contribution in [-0.4, -0.2) is 16.3 Å². The molecule has 104 valence electrons. The van der Waals surface area contributed by atoms with Crippen LogP contribution in [-0.2, 0) is 4.79 Å². The molecular weight excluding hydrogens is 290 g/mol. The largest absolute Gasteiger partial charge is 0.436 e. The highest BCUT2D eigenvalue weighted by molar-refractivity contribution is 6.31. The number of carbonyl (C=O) groups excluding carboxylic acids is 1. The van der Waals surface area contributed by atoms with Gasteiger partial charge in [-0.1, -0.05) is 17.7 Å². The number of nitrogens with one attached hydrogen (secondary N) is 1. The van der Waals surface area contributed by atoms with E-state index in [0.717, 1.165) is 0 Å². The molecule has 0 fully saturated rings. The Kier molecular flexibility index (Phi) is 3.66. The minimum atomic E-state index is 0.227. The summed E-state index contributed by atoms with van der Waals surface area (Å²) in [5.41, 5.74) is 1.45. The average Bonchev–Trinajstić information content (AvgIpc) is 2.92. The Hall–Kier alpha value is -2.66. The number of aromatic nitrogens is 2. The van der Waals surface area contributed by atoms with E-state index in [1.807, 2.05) is 6.07 Å². The number of pyridine rings is 1. The van der Waals surface area contributed by atoms with Crippen LogP contribution >= 0.6 is 11.6 Å². The average molecular weight is 300 g/mol. The van der Waals surface area contributed by atoms with Gasteiger partial charge in [0.2, 0.25) is 5.89 Å². The standard InChI is InChI=1S/C15H10ClN3O2/c16-11-4-5-13-12(7-11)19-15(21-13)10(9-20)8-18-14-3-1-2-6-17-14/h1-9H,(H,17,18). The molecule has 3 aromatic rings. The SMILES string of the molecule is O=CC(=CNc1ccccn1)c1nc2cc(Cl)ccc2o1. The molecule has 0 bridgehead atoms. The zero-order chi connectivity index (χ0) is 14.7. The first-order valence-corrected chi connectivity index (χ1v) is 6.53. The molecule has 1 aromatic carbocycles. The molecule has 0 unspecified atom stereocenters. The van der Waals surface area contributed by atoms with Gasteiger partial charge in [-0.3, -0.25) is 4.79 Å². The molecule has 0 saturated heterocycles. The normalized spacial score (nSPS) is 11.6. The van der Waals surface area contributed by atoms with Gasteiger partial charge in [-0.25, -0.2) is 9.97 Å². The number of halogens is 1. The van der Waals surface area contributed by atoms with Gasteiger partial charge in [-0.15, -0.1) is 0 Å². The van der Waals surface area contributed by atoms with E-state index in [1.54, 1.807) is 36.5 Å². The van der Waals surface area contributed by atoms with E-state index in [1.165, 1.54) is 6.20 Å². The monoisotopic (exact) mass is 299 g/mol. The predicted octanol–water partition coefficient (Wildman–Crippen LogP) is 3.53. The third-order valence-corrected chi connectivity index (χ3v) is 3.00. The van der Waals surface area contributed by atoms with E-state index in [2.05, 4.69) is 15.3 Å². The molecule has 0 aliphatic carbocycles. The predicted molar refractivity (Wildman–Crippen MR) is 80.9 cm³/mol. The molecule has 6 heteroatoms. The maximum Gasteiger partial charge on any atom is 0.232 e. The Bertz CT molecular complexity index is 812. The van der Waals surface area contributed by atoms with Gasteiger partial charge in [-0.2, -0.15) is 0 Å². The Morgan fingerprint density at radius 2 is 2.19 bits per heavy atom. The molecule has 0 atom stereocenters. The second kappa shape index (κ2) is 5.76. The van der Waals surface area contributed by atoms with E-state index < -0.39 is 0 Å². The Morgan fingerprint density at radius 3 is 2.95 bits per heavy atom. The van der Waals surface area contributed by atoms with Gasteiger partial charge in [0.1, 0.15) is 11.3 Å². The number of nitrogens with zero attached hydrogens (tertiary/aromatic N) is 2. The van der Waals surface area contributed by atoms with Gasteiger partial charge >= 0.3 is 0 Å². The number of hydrogen-bond acceptors (Lipinski definition) is 5. The lowest BCUT2D eigenvalue weighted by Crippen LogP contribution is -1.95. The maximum atomic E-state index is 11.2. The van der Waals surface area contributed by atoms with Crippen molar-refractivity contribution in [2.24, 2.45) is 0 Å². The fourth-order valence-electron chi connectivity index (χ4n) is 1.77. The van der Waals surface area contributed by atoms with Crippen LogP contribution in [0, 0.1) is 0 Å². The first kappa shape index (κ1) is 13.3. The highest BCUT2D eigenvalue weighted by Gasteiger charge is 2.10.